The summed E-state index contributed by atoms with van der Waals surface area (Å²) in [6.07, 6.45) is 2.27. The molecule has 0 bridgehead atoms. The number of carbonyl (C=O) groups excluding carboxylic acids is 1. The van der Waals surface area contributed by atoms with Gasteiger partial charge >= 0.3 is 24.8 Å². The normalized spacial score (nSPS) is 11.6. The number of fused-ring (bicyclic) bond motifs is 1. The van der Waals surface area contributed by atoms with Gasteiger partial charge in [0.2, 0.25) is 0 Å². The van der Waals surface area contributed by atoms with Gasteiger partial charge in [0.05, 0.1) is 6.61 Å². The number of aryl methyl sites for hydroxylation is 1. The van der Waals surface area contributed by atoms with Crippen LogP contribution >= 0.6 is 11.8 Å². The van der Waals surface area contributed by atoms with Crippen LogP contribution in [0.4, 0.5) is 0 Å². The predicted octanol–water partition coefficient (Wildman–Crippen LogP) is 3.18. The number of benzene rings is 3. The van der Waals surface area contributed by atoms with Gasteiger partial charge in [-0.25, -0.2) is 4.79 Å². The zero-order valence-electron chi connectivity index (χ0n) is 22.3. The monoisotopic (exact) mass is 511 g/mol. The Morgan fingerprint density at radius 2 is 1.78 bits per heavy atom. The second-order valence-corrected chi connectivity index (χ2v) is 9.57. The molecule has 0 aliphatic carbocycles. The Hall–Kier alpha value is -2.95. The molecule has 2 N–H and O–H groups in total. The van der Waals surface area contributed by atoms with Crippen molar-refractivity contribution in [3.05, 3.63) is 95.2 Å². The molecule has 0 aliphatic heterocycles. The van der Waals surface area contributed by atoms with Crippen LogP contribution in [0.25, 0.3) is 22.1 Å². The van der Waals surface area contributed by atoms with Gasteiger partial charge in [0.1, 0.15) is 24.0 Å². The fourth-order valence-corrected chi connectivity index (χ4v) is 4.56. The molecule has 8 heteroatoms. The van der Waals surface area contributed by atoms with Crippen LogP contribution in [0, 0.1) is 6.92 Å². The molecule has 0 aliphatic rings. The van der Waals surface area contributed by atoms with Crippen molar-refractivity contribution in [3.63, 3.8) is 0 Å². The molecule has 3 aromatic carbocycles. The number of rotatable bonds is 11. The minimum Gasteiger partial charge on any atom is -1.00 e. The van der Waals surface area contributed by atoms with E-state index < -0.39 is 17.9 Å². The van der Waals surface area contributed by atoms with Crippen LogP contribution in [0.5, 0.6) is 0 Å². The van der Waals surface area contributed by atoms with E-state index >= 15 is 0 Å². The van der Waals surface area contributed by atoms with Crippen LogP contribution in [0.3, 0.4) is 0 Å². The van der Waals surface area contributed by atoms with E-state index in [1.165, 1.54) is 0 Å². The molecule has 0 saturated heterocycles. The van der Waals surface area contributed by atoms with Gasteiger partial charge < -0.3 is 21.0 Å². The number of hydrogen-bond donors (Lipinski definition) is 2. The Kier molecular flexibility index (Phi) is 10.5. The Labute approximate surface area is 234 Å². The summed E-state index contributed by atoms with van der Waals surface area (Å²) in [6, 6.07) is 22.2. The van der Waals surface area contributed by atoms with E-state index in [2.05, 4.69) is 5.32 Å². The summed E-state index contributed by atoms with van der Waals surface area (Å²) >= 11 is 1.55. The van der Waals surface area contributed by atoms with Crippen molar-refractivity contribution >= 4 is 34.6 Å². The summed E-state index contributed by atoms with van der Waals surface area (Å²) in [6.45, 7) is 2.65. The average molecular weight is 512 g/mol. The second-order valence-electron chi connectivity index (χ2n) is 8.58. The third-order valence-electron chi connectivity index (χ3n) is 5.97. The van der Waals surface area contributed by atoms with Gasteiger partial charge in [0.25, 0.3) is 5.91 Å². The molecule has 1 amide bonds. The van der Waals surface area contributed by atoms with Crippen LogP contribution in [-0.4, -0.2) is 35.0 Å². The van der Waals surface area contributed by atoms with E-state index in [-0.39, 0.29) is 20.3 Å². The molecular formula is C29H30LiNO5S. The number of aliphatic carboxylic acids is 1. The number of carboxylic acids is 1. The number of nitrogens with one attached hydrogen (secondary N) is 1. The number of amides is 1. The molecule has 0 unspecified atom stereocenters. The molecule has 37 heavy (non-hydrogen) atoms. The standard InChI is InChI=1S/C29H29NO5S.Li.H/c1-19-7-3-5-9-23(19)25-15-20(17-34-18-22-16-21-8-4-6-10-27(21)35-22)11-12-24(25)28(31)30-26(29(32)33)13-14-36-2;;/h3-12,15-16,26H,13-14,17-18H2,1-2H3,(H,30,31)(H,32,33);;/q;+1;-1/t26-;;/m0../s1. The first kappa shape index (κ1) is 28.6. The molecule has 0 radical (unpaired) electrons. The first-order valence-corrected chi connectivity index (χ1v) is 13.1. The van der Waals surface area contributed by atoms with Crippen molar-refractivity contribution < 1.29 is 44.1 Å². The van der Waals surface area contributed by atoms with Crippen molar-refractivity contribution in [2.24, 2.45) is 0 Å². The number of carbonyl (C=O) groups is 2. The summed E-state index contributed by atoms with van der Waals surface area (Å²) < 4.78 is 11.7. The zero-order valence-corrected chi connectivity index (χ0v) is 22.1. The van der Waals surface area contributed by atoms with Gasteiger partial charge in [-0.15, -0.1) is 0 Å². The smallest absolute Gasteiger partial charge is 1.00 e. The van der Waals surface area contributed by atoms with E-state index in [1.807, 2.05) is 79.9 Å². The first-order chi connectivity index (χ1) is 17.5. The molecule has 1 aromatic heterocycles. The fourth-order valence-electron chi connectivity index (χ4n) is 4.08. The molecule has 0 saturated carbocycles. The van der Waals surface area contributed by atoms with E-state index in [0.717, 1.165) is 39.0 Å². The average Bonchev–Trinajstić information content (AvgIpc) is 3.29. The minimum absolute atomic E-state index is 0. The Morgan fingerprint density at radius 1 is 1.03 bits per heavy atom. The maximum atomic E-state index is 13.2. The van der Waals surface area contributed by atoms with Gasteiger partial charge in [-0.05, 0) is 71.9 Å². The molecule has 0 spiro atoms. The molecular weight excluding hydrogens is 481 g/mol. The molecule has 4 aromatic rings. The molecule has 4 rings (SSSR count). The third-order valence-corrected chi connectivity index (χ3v) is 6.61. The van der Waals surface area contributed by atoms with Crippen molar-refractivity contribution in [1.29, 1.82) is 0 Å². The maximum Gasteiger partial charge on any atom is 1.00 e. The molecule has 1 heterocycles. The second kappa shape index (κ2) is 13.6. The topological polar surface area (TPSA) is 88.8 Å². The van der Waals surface area contributed by atoms with Gasteiger partial charge in [-0.3, -0.25) is 4.79 Å². The largest absolute Gasteiger partial charge is 1.00 e. The molecule has 188 valence electrons. The van der Waals surface area contributed by atoms with Gasteiger partial charge in [0, 0.05) is 10.9 Å². The predicted molar refractivity (Wildman–Crippen MR) is 144 cm³/mol. The van der Waals surface area contributed by atoms with Crippen molar-refractivity contribution in [3.8, 4) is 11.1 Å². The maximum absolute atomic E-state index is 13.2. The van der Waals surface area contributed by atoms with Crippen molar-refractivity contribution in [2.75, 3.05) is 12.0 Å². The summed E-state index contributed by atoms with van der Waals surface area (Å²) in [7, 11) is 0. The fraction of sp³-hybridized carbons (Fsp3) is 0.241. The number of hydrogen-bond acceptors (Lipinski definition) is 5. The number of thioether (sulfide) groups is 1. The van der Waals surface area contributed by atoms with Crippen molar-refractivity contribution in [1.82, 2.24) is 5.32 Å². The Morgan fingerprint density at radius 3 is 2.51 bits per heavy atom. The van der Waals surface area contributed by atoms with Crippen LogP contribution in [0.15, 0.2) is 77.2 Å². The summed E-state index contributed by atoms with van der Waals surface area (Å²) in [5.41, 5.74) is 4.83. The van der Waals surface area contributed by atoms with Gasteiger partial charge in [-0.1, -0.05) is 48.5 Å². The van der Waals surface area contributed by atoms with Gasteiger partial charge in [0.15, 0.2) is 0 Å². The number of ether oxygens (including phenoxy) is 1. The van der Waals surface area contributed by atoms with Gasteiger partial charge in [-0.2, -0.15) is 11.8 Å². The SMILES string of the molecule is CSCC[C@H](NC(=O)c1ccc(COCc2cc3ccccc3o2)cc1-c1ccccc1C)C(=O)O.[H-].[Li+]. The summed E-state index contributed by atoms with van der Waals surface area (Å²) in [5.74, 6) is -0.0538. The molecule has 1 atom stereocenters. The van der Waals surface area contributed by atoms with Crippen LogP contribution in [0.1, 0.15) is 35.1 Å². The van der Waals surface area contributed by atoms with E-state index in [0.29, 0.717) is 31.0 Å². The third kappa shape index (κ3) is 7.30. The first-order valence-electron chi connectivity index (χ1n) is 11.7. The zero-order chi connectivity index (χ0) is 25.5. The quantitative estimate of drug-likeness (QED) is 0.301. The summed E-state index contributed by atoms with van der Waals surface area (Å²) in [4.78, 5) is 24.9. The van der Waals surface area contributed by atoms with Crippen LogP contribution in [-0.2, 0) is 22.7 Å². The Balaban J connectivity index is 0.00000253. The van der Waals surface area contributed by atoms with Crippen LogP contribution < -0.4 is 24.2 Å². The molecule has 0 fully saturated rings. The minimum atomic E-state index is -1.04. The Bertz CT molecular complexity index is 1340. The summed E-state index contributed by atoms with van der Waals surface area (Å²) in [5, 5.41) is 13.3. The van der Waals surface area contributed by atoms with Crippen LogP contribution in [0.2, 0.25) is 0 Å². The van der Waals surface area contributed by atoms with E-state index in [9.17, 15) is 14.7 Å². The number of furan rings is 1. The molecule has 6 nitrogen and oxygen atoms in total. The number of para-hydroxylation sites is 1. The van der Waals surface area contributed by atoms with E-state index in [1.54, 1.807) is 17.8 Å². The van der Waals surface area contributed by atoms with Crippen molar-refractivity contribution in [2.45, 2.75) is 32.6 Å². The number of carboxylic acid groups (broad SMARTS) is 1. The van der Waals surface area contributed by atoms with E-state index in [4.69, 9.17) is 9.15 Å².